The van der Waals surface area contributed by atoms with Gasteiger partial charge in [0.25, 0.3) is 0 Å². The van der Waals surface area contributed by atoms with Crippen LogP contribution in [0.2, 0.25) is 0 Å². The molecular weight excluding hydrogens is 372 g/mol. The van der Waals surface area contributed by atoms with Gasteiger partial charge in [-0.25, -0.2) is 0 Å². The van der Waals surface area contributed by atoms with Gasteiger partial charge in [0, 0.05) is 20.9 Å². The van der Waals surface area contributed by atoms with Crippen LogP contribution in [-0.4, -0.2) is 12.9 Å². The van der Waals surface area contributed by atoms with Gasteiger partial charge in [0.2, 0.25) is 0 Å². The van der Waals surface area contributed by atoms with E-state index in [-0.39, 0.29) is 5.78 Å². The summed E-state index contributed by atoms with van der Waals surface area (Å²) >= 11 is 6.79. The molecule has 0 aliphatic heterocycles. The third-order valence-corrected chi connectivity index (χ3v) is 3.88. The Bertz CT molecular complexity index is 609. The van der Waals surface area contributed by atoms with Gasteiger partial charge in [-0.05, 0) is 35.9 Å². The molecule has 0 saturated carbocycles. The monoisotopic (exact) mass is 382 g/mol. The van der Waals surface area contributed by atoms with Crippen LogP contribution in [0.4, 0.5) is 0 Å². The zero-order valence-corrected chi connectivity index (χ0v) is 13.5. The highest BCUT2D eigenvalue weighted by atomic mass is 79.9. The molecular formula is C15H12Br2O2. The first-order valence-electron chi connectivity index (χ1n) is 5.71. The third kappa shape index (κ3) is 3.67. The molecule has 0 bridgehead atoms. The molecule has 0 unspecified atom stereocenters. The van der Waals surface area contributed by atoms with E-state index in [1.165, 1.54) is 0 Å². The van der Waals surface area contributed by atoms with Gasteiger partial charge >= 0.3 is 0 Å². The summed E-state index contributed by atoms with van der Waals surface area (Å²) in [5.41, 5.74) is 1.63. The number of Topliss-reactive ketones (excluding diaryl/α,β-unsaturated/α-hetero) is 1. The van der Waals surface area contributed by atoms with Crippen LogP contribution in [0.3, 0.4) is 0 Å². The lowest BCUT2D eigenvalue weighted by molar-refractivity contribution is 0.0992. The summed E-state index contributed by atoms with van der Waals surface area (Å²) in [5, 5.41) is 0. The van der Waals surface area contributed by atoms with Crippen LogP contribution < -0.4 is 4.74 Å². The largest absolute Gasteiger partial charge is 0.497 e. The zero-order valence-electron chi connectivity index (χ0n) is 10.3. The van der Waals surface area contributed by atoms with E-state index in [1.54, 1.807) is 7.11 Å². The first-order valence-corrected chi connectivity index (χ1v) is 7.30. The van der Waals surface area contributed by atoms with Crippen molar-refractivity contribution in [2.75, 3.05) is 7.11 Å². The molecule has 0 radical (unpaired) electrons. The molecule has 4 heteroatoms. The Morgan fingerprint density at radius 2 is 1.95 bits per heavy atom. The molecule has 2 nitrogen and oxygen atoms in total. The summed E-state index contributed by atoms with van der Waals surface area (Å²) in [6.45, 7) is 0. The highest BCUT2D eigenvalue weighted by molar-refractivity contribution is 9.11. The average Bonchev–Trinajstić information content (AvgIpc) is 2.38. The second-order valence-electron chi connectivity index (χ2n) is 4.08. The molecule has 2 aromatic carbocycles. The molecule has 98 valence electrons. The molecule has 0 atom stereocenters. The van der Waals surface area contributed by atoms with Crippen LogP contribution in [0.5, 0.6) is 5.75 Å². The molecule has 2 rings (SSSR count). The summed E-state index contributed by atoms with van der Waals surface area (Å²) < 4.78 is 6.90. The fourth-order valence-corrected chi connectivity index (χ4v) is 3.05. The molecule has 0 spiro atoms. The normalized spacial score (nSPS) is 10.3. The van der Waals surface area contributed by atoms with Crippen LogP contribution in [0.15, 0.2) is 51.4 Å². The maximum Gasteiger partial charge on any atom is 0.168 e. The number of ketones is 1. The molecule has 0 aliphatic carbocycles. The topological polar surface area (TPSA) is 26.3 Å². The summed E-state index contributed by atoms with van der Waals surface area (Å²) in [4.78, 5) is 12.3. The second-order valence-corrected chi connectivity index (χ2v) is 5.85. The van der Waals surface area contributed by atoms with Gasteiger partial charge in [-0.15, -0.1) is 0 Å². The number of halogens is 2. The highest BCUT2D eigenvalue weighted by Gasteiger charge is 2.11. The van der Waals surface area contributed by atoms with Crippen molar-refractivity contribution in [3.8, 4) is 5.75 Å². The van der Waals surface area contributed by atoms with Gasteiger partial charge in [0.05, 0.1) is 7.11 Å². The van der Waals surface area contributed by atoms with E-state index < -0.39 is 0 Å². The van der Waals surface area contributed by atoms with Crippen molar-refractivity contribution in [1.82, 2.24) is 0 Å². The summed E-state index contributed by atoms with van der Waals surface area (Å²) in [7, 11) is 1.62. The van der Waals surface area contributed by atoms with E-state index in [0.29, 0.717) is 12.0 Å². The quantitative estimate of drug-likeness (QED) is 0.718. The van der Waals surface area contributed by atoms with Crippen LogP contribution >= 0.6 is 31.9 Å². The lowest BCUT2D eigenvalue weighted by Gasteiger charge is -2.06. The minimum absolute atomic E-state index is 0.0765. The standard InChI is InChI=1S/C15H12Br2O2/c1-19-12-4-2-3-10(7-12)8-15(18)13-6-5-11(16)9-14(13)17/h2-7,9H,8H2,1H3. The number of rotatable bonds is 4. The smallest absolute Gasteiger partial charge is 0.168 e. The Morgan fingerprint density at radius 1 is 1.16 bits per heavy atom. The third-order valence-electron chi connectivity index (χ3n) is 2.73. The van der Waals surface area contributed by atoms with Crippen molar-refractivity contribution in [2.45, 2.75) is 6.42 Å². The molecule has 0 aromatic heterocycles. The number of carbonyl (C=O) groups excluding carboxylic acids is 1. The van der Waals surface area contributed by atoms with Crippen molar-refractivity contribution in [3.63, 3.8) is 0 Å². The van der Waals surface area contributed by atoms with E-state index in [4.69, 9.17) is 4.74 Å². The maximum absolute atomic E-state index is 12.3. The Hall–Kier alpha value is -1.13. The van der Waals surface area contributed by atoms with E-state index in [0.717, 1.165) is 20.3 Å². The van der Waals surface area contributed by atoms with Gasteiger partial charge < -0.3 is 4.74 Å². The van der Waals surface area contributed by atoms with Crippen molar-refractivity contribution < 1.29 is 9.53 Å². The van der Waals surface area contributed by atoms with Gasteiger partial charge in [-0.1, -0.05) is 44.0 Å². The number of benzene rings is 2. The van der Waals surface area contributed by atoms with E-state index >= 15 is 0 Å². The lowest BCUT2D eigenvalue weighted by Crippen LogP contribution is -2.04. The predicted molar refractivity (Wildman–Crippen MR) is 82.9 cm³/mol. The van der Waals surface area contributed by atoms with Crippen molar-refractivity contribution in [3.05, 3.63) is 62.5 Å². The van der Waals surface area contributed by atoms with Crippen molar-refractivity contribution in [1.29, 1.82) is 0 Å². The fourth-order valence-electron chi connectivity index (χ4n) is 1.78. The van der Waals surface area contributed by atoms with Crippen molar-refractivity contribution >= 4 is 37.6 Å². The second kappa shape index (κ2) is 6.35. The highest BCUT2D eigenvalue weighted by Crippen LogP contribution is 2.23. The number of hydrogen-bond donors (Lipinski definition) is 0. The van der Waals surface area contributed by atoms with Crippen LogP contribution in [-0.2, 0) is 6.42 Å². The number of hydrogen-bond acceptors (Lipinski definition) is 2. The Labute approximate surface area is 129 Å². The predicted octanol–water partition coefficient (Wildman–Crippen LogP) is 4.65. The zero-order chi connectivity index (χ0) is 13.8. The SMILES string of the molecule is COc1cccc(CC(=O)c2ccc(Br)cc2Br)c1. The van der Waals surface area contributed by atoms with Gasteiger partial charge in [-0.2, -0.15) is 0 Å². The minimum Gasteiger partial charge on any atom is -0.497 e. The molecule has 0 heterocycles. The van der Waals surface area contributed by atoms with Crippen LogP contribution in [0.1, 0.15) is 15.9 Å². The van der Waals surface area contributed by atoms with E-state index in [2.05, 4.69) is 31.9 Å². The van der Waals surface area contributed by atoms with Crippen LogP contribution in [0, 0.1) is 0 Å². The van der Waals surface area contributed by atoms with Gasteiger partial charge in [-0.3, -0.25) is 4.79 Å². The molecule has 19 heavy (non-hydrogen) atoms. The van der Waals surface area contributed by atoms with Gasteiger partial charge in [0.15, 0.2) is 5.78 Å². The summed E-state index contributed by atoms with van der Waals surface area (Å²) in [6, 6.07) is 13.1. The number of ether oxygens (including phenoxy) is 1. The minimum atomic E-state index is 0.0765. The summed E-state index contributed by atoms with van der Waals surface area (Å²) in [6.07, 6.45) is 0.359. The molecule has 0 N–H and O–H groups in total. The van der Waals surface area contributed by atoms with Crippen molar-refractivity contribution in [2.24, 2.45) is 0 Å². The Kier molecular flexibility index (Phi) is 4.77. The average molecular weight is 384 g/mol. The first kappa shape index (κ1) is 14.3. The summed E-state index contributed by atoms with van der Waals surface area (Å²) in [5.74, 6) is 0.841. The van der Waals surface area contributed by atoms with Gasteiger partial charge in [0.1, 0.15) is 5.75 Å². The number of methoxy groups -OCH3 is 1. The molecule has 0 saturated heterocycles. The lowest BCUT2D eigenvalue weighted by atomic mass is 10.0. The fraction of sp³-hybridized carbons (Fsp3) is 0.133. The van der Waals surface area contributed by atoms with E-state index in [1.807, 2.05) is 42.5 Å². The maximum atomic E-state index is 12.3. The molecule has 0 aliphatic rings. The molecule has 2 aromatic rings. The first-order chi connectivity index (χ1) is 9.10. The Morgan fingerprint density at radius 3 is 2.63 bits per heavy atom. The van der Waals surface area contributed by atoms with Crippen LogP contribution in [0.25, 0.3) is 0 Å². The number of carbonyl (C=O) groups is 1. The molecule has 0 fully saturated rings. The Balaban J connectivity index is 2.20. The van der Waals surface area contributed by atoms with E-state index in [9.17, 15) is 4.79 Å². The molecule has 0 amide bonds.